The molecule has 0 heterocycles. The van der Waals surface area contributed by atoms with E-state index in [1.165, 1.54) is 50.6 Å². The first-order valence-electron chi connectivity index (χ1n) is 6.98. The predicted octanol–water partition coefficient (Wildman–Crippen LogP) is 2.64. The van der Waals surface area contributed by atoms with Crippen LogP contribution in [-0.4, -0.2) is 32.7 Å². The van der Waals surface area contributed by atoms with E-state index >= 15 is 0 Å². The summed E-state index contributed by atoms with van der Waals surface area (Å²) in [6.45, 7) is -0.345. The Morgan fingerprint density at radius 2 is 1.83 bits per heavy atom. The second kappa shape index (κ2) is 7.96. The molecule has 0 saturated carbocycles. The van der Waals surface area contributed by atoms with Crippen LogP contribution in [0.25, 0.3) is 0 Å². The van der Waals surface area contributed by atoms with Crippen molar-refractivity contribution in [2.45, 2.75) is 0 Å². The smallest absolute Gasteiger partial charge is 0.337 e. The van der Waals surface area contributed by atoms with E-state index in [1.54, 1.807) is 6.07 Å². The molecule has 2 rings (SSSR count). The SMILES string of the molecule is COC(=O)c1ccc(OCC(=O)Nc2ccccc2F)c(OC)c1. The third kappa shape index (κ3) is 4.22. The average molecular weight is 333 g/mol. The van der Waals surface area contributed by atoms with Crippen molar-refractivity contribution in [3.63, 3.8) is 0 Å². The van der Waals surface area contributed by atoms with Gasteiger partial charge in [0.15, 0.2) is 18.1 Å². The minimum atomic E-state index is -0.536. The lowest BCUT2D eigenvalue weighted by molar-refractivity contribution is -0.118. The molecule has 0 unspecified atom stereocenters. The molecule has 0 bridgehead atoms. The number of rotatable bonds is 6. The van der Waals surface area contributed by atoms with Crippen molar-refractivity contribution in [2.24, 2.45) is 0 Å². The molecule has 0 aliphatic carbocycles. The summed E-state index contributed by atoms with van der Waals surface area (Å²) in [6.07, 6.45) is 0. The molecule has 1 amide bonds. The average Bonchev–Trinajstić information content (AvgIpc) is 2.61. The third-order valence-corrected chi connectivity index (χ3v) is 3.09. The summed E-state index contributed by atoms with van der Waals surface area (Å²) >= 11 is 0. The van der Waals surface area contributed by atoms with Gasteiger partial charge < -0.3 is 19.5 Å². The number of benzene rings is 2. The molecule has 126 valence electrons. The monoisotopic (exact) mass is 333 g/mol. The van der Waals surface area contributed by atoms with E-state index in [9.17, 15) is 14.0 Å². The summed E-state index contributed by atoms with van der Waals surface area (Å²) in [4.78, 5) is 23.3. The first kappa shape index (κ1) is 17.3. The Morgan fingerprint density at radius 3 is 2.50 bits per heavy atom. The van der Waals surface area contributed by atoms with Crippen LogP contribution in [0.3, 0.4) is 0 Å². The van der Waals surface area contributed by atoms with Gasteiger partial charge in [0.25, 0.3) is 5.91 Å². The van der Waals surface area contributed by atoms with Crippen LogP contribution >= 0.6 is 0 Å². The van der Waals surface area contributed by atoms with Crippen LogP contribution in [-0.2, 0) is 9.53 Å². The zero-order valence-corrected chi connectivity index (χ0v) is 13.2. The van der Waals surface area contributed by atoms with Crippen LogP contribution < -0.4 is 14.8 Å². The number of halogens is 1. The fraction of sp³-hybridized carbons (Fsp3) is 0.176. The van der Waals surface area contributed by atoms with Gasteiger partial charge in [0.05, 0.1) is 25.5 Å². The van der Waals surface area contributed by atoms with Gasteiger partial charge in [-0.25, -0.2) is 9.18 Å². The van der Waals surface area contributed by atoms with Gasteiger partial charge in [-0.15, -0.1) is 0 Å². The molecule has 24 heavy (non-hydrogen) atoms. The van der Waals surface area contributed by atoms with Crippen LogP contribution in [0.2, 0.25) is 0 Å². The van der Waals surface area contributed by atoms with Gasteiger partial charge in [-0.05, 0) is 30.3 Å². The fourth-order valence-electron chi connectivity index (χ4n) is 1.92. The molecule has 2 aromatic rings. The number of carbonyl (C=O) groups is 2. The quantitative estimate of drug-likeness (QED) is 0.823. The first-order valence-corrected chi connectivity index (χ1v) is 6.98. The lowest BCUT2D eigenvalue weighted by Crippen LogP contribution is -2.21. The lowest BCUT2D eigenvalue weighted by atomic mass is 10.2. The van der Waals surface area contributed by atoms with Crippen molar-refractivity contribution < 1.29 is 28.2 Å². The number of methoxy groups -OCH3 is 2. The molecule has 0 atom stereocenters. The second-order valence-corrected chi connectivity index (χ2v) is 4.67. The maximum absolute atomic E-state index is 13.5. The molecule has 0 aliphatic rings. The molecular weight excluding hydrogens is 317 g/mol. The third-order valence-electron chi connectivity index (χ3n) is 3.09. The van der Waals surface area contributed by atoms with Gasteiger partial charge in [0.1, 0.15) is 5.82 Å². The normalized spacial score (nSPS) is 9.96. The van der Waals surface area contributed by atoms with Crippen LogP contribution in [0.1, 0.15) is 10.4 Å². The number of nitrogens with one attached hydrogen (secondary N) is 1. The molecule has 0 fully saturated rings. The zero-order chi connectivity index (χ0) is 17.5. The highest BCUT2D eigenvalue weighted by atomic mass is 19.1. The fourth-order valence-corrected chi connectivity index (χ4v) is 1.92. The Balaban J connectivity index is 2.02. The Morgan fingerprint density at radius 1 is 1.08 bits per heavy atom. The van der Waals surface area contributed by atoms with E-state index in [4.69, 9.17) is 9.47 Å². The van der Waals surface area contributed by atoms with Crippen LogP contribution in [0.5, 0.6) is 11.5 Å². The predicted molar refractivity (Wildman–Crippen MR) is 84.9 cm³/mol. The highest BCUT2D eigenvalue weighted by Gasteiger charge is 2.13. The van der Waals surface area contributed by atoms with Gasteiger partial charge in [-0.2, -0.15) is 0 Å². The number of ether oxygens (including phenoxy) is 3. The maximum Gasteiger partial charge on any atom is 0.337 e. The second-order valence-electron chi connectivity index (χ2n) is 4.67. The lowest BCUT2D eigenvalue weighted by Gasteiger charge is -2.12. The van der Waals surface area contributed by atoms with Gasteiger partial charge in [0, 0.05) is 0 Å². The number of amides is 1. The topological polar surface area (TPSA) is 73.9 Å². The largest absolute Gasteiger partial charge is 0.493 e. The molecule has 6 nitrogen and oxygen atoms in total. The summed E-state index contributed by atoms with van der Waals surface area (Å²) in [7, 11) is 2.68. The molecule has 0 saturated heterocycles. The van der Waals surface area contributed by atoms with E-state index < -0.39 is 17.7 Å². The number of hydrogen-bond donors (Lipinski definition) is 1. The Kier molecular flexibility index (Phi) is 5.73. The molecule has 1 N–H and O–H groups in total. The highest BCUT2D eigenvalue weighted by molar-refractivity contribution is 5.92. The minimum Gasteiger partial charge on any atom is -0.493 e. The number of anilines is 1. The van der Waals surface area contributed by atoms with Gasteiger partial charge in [-0.1, -0.05) is 12.1 Å². The van der Waals surface area contributed by atoms with E-state index in [-0.39, 0.29) is 29.4 Å². The molecule has 0 spiro atoms. The van der Waals surface area contributed by atoms with E-state index in [0.717, 1.165) is 0 Å². The number of para-hydroxylation sites is 1. The van der Waals surface area contributed by atoms with E-state index in [0.29, 0.717) is 0 Å². The Hall–Kier alpha value is -3.09. The summed E-state index contributed by atoms with van der Waals surface area (Å²) in [5.41, 5.74) is 0.358. The molecule has 0 radical (unpaired) electrons. The van der Waals surface area contributed by atoms with Crippen molar-refractivity contribution in [2.75, 3.05) is 26.1 Å². The van der Waals surface area contributed by atoms with Crippen molar-refractivity contribution in [3.05, 3.63) is 53.8 Å². The minimum absolute atomic E-state index is 0.0686. The van der Waals surface area contributed by atoms with Crippen LogP contribution in [0, 0.1) is 5.82 Å². The number of hydrogen-bond acceptors (Lipinski definition) is 5. The molecule has 2 aromatic carbocycles. The Bertz CT molecular complexity index is 748. The number of carbonyl (C=O) groups excluding carboxylic acids is 2. The van der Waals surface area contributed by atoms with Crippen LogP contribution in [0.15, 0.2) is 42.5 Å². The van der Waals surface area contributed by atoms with Crippen molar-refractivity contribution >= 4 is 17.6 Å². The highest BCUT2D eigenvalue weighted by Crippen LogP contribution is 2.28. The molecule has 0 aliphatic heterocycles. The van der Waals surface area contributed by atoms with Crippen LogP contribution in [0.4, 0.5) is 10.1 Å². The van der Waals surface area contributed by atoms with Gasteiger partial charge >= 0.3 is 5.97 Å². The molecular formula is C17H16FNO5. The zero-order valence-electron chi connectivity index (χ0n) is 13.2. The standard InChI is InChI=1S/C17H16FNO5/c1-22-15-9-11(17(21)23-2)7-8-14(15)24-10-16(20)19-13-6-4-3-5-12(13)18/h3-9H,10H2,1-2H3,(H,19,20). The summed E-state index contributed by atoms with van der Waals surface area (Å²) < 4.78 is 28.6. The van der Waals surface area contributed by atoms with Crippen molar-refractivity contribution in [3.8, 4) is 11.5 Å². The van der Waals surface area contributed by atoms with E-state index in [1.807, 2.05) is 0 Å². The van der Waals surface area contributed by atoms with E-state index in [2.05, 4.69) is 10.1 Å². The van der Waals surface area contributed by atoms with Crippen molar-refractivity contribution in [1.29, 1.82) is 0 Å². The van der Waals surface area contributed by atoms with Gasteiger partial charge in [0.2, 0.25) is 0 Å². The van der Waals surface area contributed by atoms with Crippen molar-refractivity contribution in [1.82, 2.24) is 0 Å². The first-order chi connectivity index (χ1) is 11.5. The number of esters is 1. The molecule has 7 heteroatoms. The van der Waals surface area contributed by atoms with Gasteiger partial charge in [-0.3, -0.25) is 4.79 Å². The Labute approximate surface area is 138 Å². The summed E-state index contributed by atoms with van der Waals surface area (Å²) in [5, 5.41) is 2.40. The maximum atomic E-state index is 13.5. The molecule has 0 aromatic heterocycles. The summed E-state index contributed by atoms with van der Waals surface area (Å²) in [6, 6.07) is 10.2. The summed E-state index contributed by atoms with van der Waals surface area (Å²) in [5.74, 6) is -1.03.